The minimum absolute atomic E-state index is 0.132. The van der Waals surface area contributed by atoms with E-state index in [9.17, 15) is 29.7 Å². The maximum absolute atomic E-state index is 12.2. The minimum atomic E-state index is -1.35. The summed E-state index contributed by atoms with van der Waals surface area (Å²) in [5.41, 5.74) is 0. The molecule has 0 aliphatic carbocycles. The Labute approximate surface area is 235 Å². The van der Waals surface area contributed by atoms with Crippen LogP contribution in [0.2, 0.25) is 0 Å². The van der Waals surface area contributed by atoms with Gasteiger partial charge >= 0.3 is 0 Å². The van der Waals surface area contributed by atoms with Crippen molar-refractivity contribution in [2.75, 3.05) is 84.8 Å². The smallest absolute Gasteiger partial charge is 0.239 e. The average Bonchev–Trinajstić information content (AvgIpc) is 2.89. The summed E-state index contributed by atoms with van der Waals surface area (Å²) in [6, 6.07) is -0.875. The van der Waals surface area contributed by atoms with E-state index in [1.54, 1.807) is 0 Å². The molecule has 5 N–H and O–H groups in total. The number of nitrogens with one attached hydrogen (secondary N) is 2. The first-order valence-corrected chi connectivity index (χ1v) is 13.7. The molecule has 1 heterocycles. The normalized spacial score (nSPS) is 22.9. The second-order valence-corrected chi connectivity index (χ2v) is 9.30. The van der Waals surface area contributed by atoms with Crippen LogP contribution in [0.25, 0.3) is 0 Å². The van der Waals surface area contributed by atoms with E-state index in [4.69, 9.17) is 23.7 Å². The van der Waals surface area contributed by atoms with E-state index in [1.165, 1.54) is 18.7 Å². The summed E-state index contributed by atoms with van der Waals surface area (Å²) in [4.78, 5) is 37.0. The number of nitrogens with zero attached hydrogens (tertiary/aromatic N) is 1. The molecule has 3 amide bonds. The molecule has 1 aliphatic heterocycles. The van der Waals surface area contributed by atoms with Crippen LogP contribution in [0.1, 0.15) is 20.3 Å². The van der Waals surface area contributed by atoms with Crippen molar-refractivity contribution in [3.05, 3.63) is 0 Å². The summed E-state index contributed by atoms with van der Waals surface area (Å²) in [7, 11) is 0. The molecule has 0 aromatic rings. The Morgan fingerprint density at radius 1 is 0.872 bits per heavy atom. The molecule has 228 valence electrons. The summed E-state index contributed by atoms with van der Waals surface area (Å²) >= 11 is 4.04. The van der Waals surface area contributed by atoms with E-state index in [0.717, 1.165) is 0 Å². The SMILES string of the molecule is CC(=O)NC1C(CCOCCN(CC(=O)NCCOCCOCCOCCS)C(C)=O)OC(CO)C(O)C1O. The van der Waals surface area contributed by atoms with E-state index in [1.807, 2.05) is 0 Å². The van der Waals surface area contributed by atoms with E-state index in [0.29, 0.717) is 51.9 Å². The predicted octanol–water partition coefficient (Wildman–Crippen LogP) is -2.68. The monoisotopic (exact) mass is 583 g/mol. The van der Waals surface area contributed by atoms with Crippen molar-refractivity contribution in [2.45, 2.75) is 50.7 Å². The first kappa shape index (κ1) is 35.5. The van der Waals surface area contributed by atoms with Gasteiger partial charge in [-0.05, 0) is 6.42 Å². The Morgan fingerprint density at radius 3 is 2.08 bits per heavy atom. The van der Waals surface area contributed by atoms with Crippen molar-refractivity contribution >= 4 is 30.4 Å². The third-order valence-corrected chi connectivity index (χ3v) is 5.96. The van der Waals surface area contributed by atoms with Crippen LogP contribution in [0.5, 0.6) is 0 Å². The number of ether oxygens (including phenoxy) is 5. The number of aliphatic hydroxyl groups is 3. The van der Waals surface area contributed by atoms with E-state index in [-0.39, 0.29) is 44.5 Å². The summed E-state index contributed by atoms with van der Waals surface area (Å²) in [5.74, 6) is -0.355. The lowest BCUT2D eigenvalue weighted by Crippen LogP contribution is -2.64. The largest absolute Gasteiger partial charge is 0.394 e. The molecule has 1 aliphatic rings. The first-order chi connectivity index (χ1) is 18.7. The molecule has 39 heavy (non-hydrogen) atoms. The van der Waals surface area contributed by atoms with Crippen molar-refractivity contribution in [2.24, 2.45) is 0 Å². The fourth-order valence-corrected chi connectivity index (χ4v) is 3.91. The number of carbonyl (C=O) groups is 3. The lowest BCUT2D eigenvalue weighted by molar-refractivity contribution is -0.198. The van der Waals surface area contributed by atoms with Gasteiger partial charge in [-0.2, -0.15) is 12.6 Å². The van der Waals surface area contributed by atoms with Crippen LogP contribution in [0, 0.1) is 0 Å². The van der Waals surface area contributed by atoms with Gasteiger partial charge in [0.1, 0.15) is 18.3 Å². The molecule has 0 spiro atoms. The highest BCUT2D eigenvalue weighted by Crippen LogP contribution is 2.23. The predicted molar refractivity (Wildman–Crippen MR) is 142 cm³/mol. The van der Waals surface area contributed by atoms with Gasteiger partial charge in [-0.3, -0.25) is 14.4 Å². The summed E-state index contributed by atoms with van der Waals surface area (Å²) in [6.45, 7) is 5.44. The van der Waals surface area contributed by atoms with Crippen molar-refractivity contribution in [3.8, 4) is 0 Å². The van der Waals surface area contributed by atoms with Crippen LogP contribution < -0.4 is 10.6 Å². The maximum Gasteiger partial charge on any atom is 0.239 e. The molecule has 0 aromatic heterocycles. The van der Waals surface area contributed by atoms with Gasteiger partial charge in [0.05, 0.1) is 71.5 Å². The molecule has 0 radical (unpaired) electrons. The fourth-order valence-electron chi connectivity index (χ4n) is 3.78. The molecule has 0 aromatic carbocycles. The molecule has 1 saturated heterocycles. The molecule has 15 heteroatoms. The topological polar surface area (TPSA) is 185 Å². The standard InChI is InChI=1S/C24H45N3O11S/c1-17(29)26-22-19(38-20(16-28)23(32)24(22)33)3-6-34-8-5-27(18(2)30)15-21(31)25-4-7-35-9-10-36-11-12-37-13-14-39/h19-20,22-24,28,32-33,39H,3-16H2,1-2H3,(H,25,31)(H,26,29). The first-order valence-electron chi connectivity index (χ1n) is 13.0. The molecule has 1 fully saturated rings. The molecule has 5 atom stereocenters. The van der Waals surface area contributed by atoms with E-state index >= 15 is 0 Å². The Bertz CT molecular complexity index is 706. The quantitative estimate of drug-likeness (QED) is 0.0611. The van der Waals surface area contributed by atoms with Crippen molar-refractivity contribution in [1.82, 2.24) is 15.5 Å². The Balaban J connectivity index is 2.25. The van der Waals surface area contributed by atoms with Gasteiger partial charge in [-0.1, -0.05) is 0 Å². The van der Waals surface area contributed by atoms with Gasteiger partial charge in [0.15, 0.2) is 0 Å². The second-order valence-electron chi connectivity index (χ2n) is 8.86. The minimum Gasteiger partial charge on any atom is -0.394 e. The van der Waals surface area contributed by atoms with Gasteiger partial charge in [-0.25, -0.2) is 0 Å². The van der Waals surface area contributed by atoms with Crippen LogP contribution in [0.4, 0.5) is 0 Å². The number of carbonyl (C=O) groups excluding carboxylic acids is 3. The van der Waals surface area contributed by atoms with Crippen LogP contribution in [0.15, 0.2) is 0 Å². The Hall–Kier alpha value is -1.56. The molecular formula is C24H45N3O11S. The molecular weight excluding hydrogens is 538 g/mol. The highest BCUT2D eigenvalue weighted by atomic mass is 32.1. The zero-order valence-electron chi connectivity index (χ0n) is 22.8. The van der Waals surface area contributed by atoms with Crippen LogP contribution in [-0.4, -0.2) is 153 Å². The average molecular weight is 584 g/mol. The van der Waals surface area contributed by atoms with Crippen LogP contribution in [-0.2, 0) is 38.1 Å². The van der Waals surface area contributed by atoms with Gasteiger partial charge in [-0.15, -0.1) is 0 Å². The Morgan fingerprint density at radius 2 is 1.49 bits per heavy atom. The van der Waals surface area contributed by atoms with Gasteiger partial charge in [0.25, 0.3) is 0 Å². The number of thiol groups is 1. The zero-order valence-corrected chi connectivity index (χ0v) is 23.7. The summed E-state index contributed by atoms with van der Waals surface area (Å²) in [6.07, 6.45) is -4.11. The number of hydrogen-bond donors (Lipinski definition) is 6. The number of hydrogen-bond acceptors (Lipinski definition) is 12. The molecule has 1 rings (SSSR count). The number of rotatable bonds is 21. The molecule has 5 unspecified atom stereocenters. The van der Waals surface area contributed by atoms with Gasteiger partial charge < -0.3 is 54.5 Å². The fraction of sp³-hybridized carbons (Fsp3) is 0.875. The number of aliphatic hydroxyl groups excluding tert-OH is 3. The summed E-state index contributed by atoms with van der Waals surface area (Å²) in [5, 5.41) is 35.1. The Kier molecular flexibility index (Phi) is 19.3. The number of amides is 3. The van der Waals surface area contributed by atoms with Crippen molar-refractivity contribution in [3.63, 3.8) is 0 Å². The van der Waals surface area contributed by atoms with Crippen molar-refractivity contribution < 1.29 is 53.4 Å². The lowest BCUT2D eigenvalue weighted by atomic mass is 9.91. The molecule has 14 nitrogen and oxygen atoms in total. The third-order valence-electron chi connectivity index (χ3n) is 5.78. The zero-order chi connectivity index (χ0) is 29.0. The van der Waals surface area contributed by atoms with Crippen LogP contribution in [0.3, 0.4) is 0 Å². The van der Waals surface area contributed by atoms with E-state index in [2.05, 4.69) is 23.3 Å². The second kappa shape index (κ2) is 21.2. The van der Waals surface area contributed by atoms with Crippen LogP contribution >= 0.6 is 12.6 Å². The van der Waals surface area contributed by atoms with E-state index < -0.39 is 43.0 Å². The molecule has 0 bridgehead atoms. The highest BCUT2D eigenvalue weighted by Gasteiger charge is 2.44. The maximum atomic E-state index is 12.2. The summed E-state index contributed by atoms with van der Waals surface area (Å²) < 4.78 is 27.2. The highest BCUT2D eigenvalue weighted by molar-refractivity contribution is 7.80. The van der Waals surface area contributed by atoms with Gasteiger partial charge in [0.2, 0.25) is 17.7 Å². The molecule has 0 saturated carbocycles. The lowest BCUT2D eigenvalue weighted by Gasteiger charge is -2.42. The van der Waals surface area contributed by atoms with Crippen molar-refractivity contribution in [1.29, 1.82) is 0 Å². The third kappa shape index (κ3) is 15.1. The van der Waals surface area contributed by atoms with Gasteiger partial charge in [0, 0.05) is 39.3 Å².